The van der Waals surface area contributed by atoms with E-state index in [9.17, 15) is 9.90 Å². The standard InChI is InChI=1S/C25H33NO3/c1-24(2,3)20-15-19(22(27)21(16-20)25(4,5)6)13-10-14-26-23(28)29-17-18-11-8-7-9-12-18/h7-13,15-16,27H,14,17H2,1-6H3,(H,26,28). The highest BCUT2D eigenvalue weighted by Crippen LogP contribution is 2.38. The highest BCUT2D eigenvalue weighted by atomic mass is 16.5. The predicted molar refractivity (Wildman–Crippen MR) is 119 cm³/mol. The fourth-order valence-corrected chi connectivity index (χ4v) is 2.89. The number of nitrogens with one attached hydrogen (secondary N) is 1. The molecule has 4 heteroatoms. The van der Waals surface area contributed by atoms with Crippen molar-refractivity contribution in [3.63, 3.8) is 0 Å². The normalized spacial score (nSPS) is 12.2. The van der Waals surface area contributed by atoms with E-state index in [0.29, 0.717) is 6.54 Å². The molecule has 156 valence electrons. The summed E-state index contributed by atoms with van der Waals surface area (Å²) < 4.78 is 5.20. The zero-order valence-electron chi connectivity index (χ0n) is 18.4. The lowest BCUT2D eigenvalue weighted by Gasteiger charge is -2.27. The Balaban J connectivity index is 2.04. The molecule has 0 heterocycles. The number of alkyl carbamates (subject to hydrolysis) is 1. The maximum absolute atomic E-state index is 11.8. The van der Waals surface area contributed by atoms with Crippen LogP contribution in [0.4, 0.5) is 4.79 Å². The van der Waals surface area contributed by atoms with Crippen LogP contribution in [0.5, 0.6) is 5.75 Å². The monoisotopic (exact) mass is 395 g/mol. The molecule has 0 aliphatic heterocycles. The fourth-order valence-electron chi connectivity index (χ4n) is 2.89. The van der Waals surface area contributed by atoms with Gasteiger partial charge in [0, 0.05) is 17.7 Å². The highest BCUT2D eigenvalue weighted by Gasteiger charge is 2.24. The third-order valence-electron chi connectivity index (χ3n) is 4.69. The average Bonchev–Trinajstić information content (AvgIpc) is 2.63. The fraction of sp³-hybridized carbons (Fsp3) is 0.400. The van der Waals surface area contributed by atoms with E-state index in [1.807, 2.05) is 48.6 Å². The molecular weight excluding hydrogens is 362 g/mol. The molecule has 1 amide bonds. The number of carbonyl (C=O) groups is 1. The summed E-state index contributed by atoms with van der Waals surface area (Å²) in [5, 5.41) is 13.5. The van der Waals surface area contributed by atoms with Gasteiger partial charge in [0.25, 0.3) is 0 Å². The van der Waals surface area contributed by atoms with Crippen LogP contribution >= 0.6 is 0 Å². The maximum atomic E-state index is 11.8. The summed E-state index contributed by atoms with van der Waals surface area (Å²) in [5.41, 5.74) is 3.57. The van der Waals surface area contributed by atoms with E-state index in [1.165, 1.54) is 0 Å². The number of hydrogen-bond donors (Lipinski definition) is 2. The van der Waals surface area contributed by atoms with Gasteiger partial charge in [0.15, 0.2) is 0 Å². The molecule has 0 aliphatic carbocycles. The van der Waals surface area contributed by atoms with Crippen LogP contribution < -0.4 is 5.32 Å². The third-order valence-corrected chi connectivity index (χ3v) is 4.69. The lowest BCUT2D eigenvalue weighted by atomic mass is 9.79. The minimum atomic E-state index is -0.471. The van der Waals surface area contributed by atoms with Crippen molar-refractivity contribution in [1.29, 1.82) is 0 Å². The summed E-state index contributed by atoms with van der Waals surface area (Å²) >= 11 is 0. The molecule has 0 saturated carbocycles. The van der Waals surface area contributed by atoms with E-state index in [0.717, 1.165) is 22.3 Å². The Hall–Kier alpha value is -2.75. The molecule has 0 atom stereocenters. The van der Waals surface area contributed by atoms with Gasteiger partial charge in [-0.25, -0.2) is 4.79 Å². The second kappa shape index (κ2) is 9.17. The first-order valence-corrected chi connectivity index (χ1v) is 9.97. The van der Waals surface area contributed by atoms with E-state index in [4.69, 9.17) is 4.74 Å². The molecule has 0 aromatic heterocycles. The molecule has 2 aromatic carbocycles. The Labute approximate surface area is 174 Å². The van der Waals surface area contributed by atoms with E-state index >= 15 is 0 Å². The number of phenolic OH excluding ortho intramolecular Hbond substituents is 1. The van der Waals surface area contributed by atoms with Crippen molar-refractivity contribution in [1.82, 2.24) is 5.32 Å². The molecule has 2 N–H and O–H groups in total. The SMILES string of the molecule is CC(C)(C)c1cc(C=CCNC(=O)OCc2ccccc2)c(O)c(C(C)(C)C)c1. The molecule has 0 bridgehead atoms. The molecule has 0 spiro atoms. The number of benzene rings is 2. The quantitative estimate of drug-likeness (QED) is 0.660. The van der Waals surface area contributed by atoms with Crippen molar-refractivity contribution < 1.29 is 14.6 Å². The topological polar surface area (TPSA) is 58.6 Å². The van der Waals surface area contributed by atoms with Crippen LogP contribution in [-0.4, -0.2) is 17.7 Å². The van der Waals surface area contributed by atoms with Gasteiger partial charge in [0.1, 0.15) is 12.4 Å². The minimum absolute atomic E-state index is 0.0320. The van der Waals surface area contributed by atoms with Gasteiger partial charge in [-0.15, -0.1) is 0 Å². The Morgan fingerprint density at radius 1 is 1.03 bits per heavy atom. The van der Waals surface area contributed by atoms with Crippen LogP contribution in [0.1, 0.15) is 63.8 Å². The van der Waals surface area contributed by atoms with Gasteiger partial charge < -0.3 is 15.2 Å². The third kappa shape index (κ3) is 6.67. The van der Waals surface area contributed by atoms with Gasteiger partial charge in [-0.1, -0.05) is 90.1 Å². The van der Waals surface area contributed by atoms with Gasteiger partial charge in [-0.05, 0) is 28.0 Å². The van der Waals surface area contributed by atoms with Crippen molar-refractivity contribution in [2.24, 2.45) is 0 Å². The zero-order valence-corrected chi connectivity index (χ0v) is 18.4. The lowest BCUT2D eigenvalue weighted by molar-refractivity contribution is 0.141. The summed E-state index contributed by atoms with van der Waals surface area (Å²) in [6.07, 6.45) is 3.19. The van der Waals surface area contributed by atoms with Gasteiger partial charge in [-0.2, -0.15) is 0 Å². The molecule has 2 rings (SSSR count). The maximum Gasteiger partial charge on any atom is 0.407 e. The molecule has 29 heavy (non-hydrogen) atoms. The molecular formula is C25H33NO3. The van der Waals surface area contributed by atoms with Crippen LogP contribution in [0.3, 0.4) is 0 Å². The van der Waals surface area contributed by atoms with Crippen molar-refractivity contribution in [3.8, 4) is 5.75 Å². The van der Waals surface area contributed by atoms with Crippen molar-refractivity contribution in [2.45, 2.75) is 59.0 Å². The second-order valence-electron chi connectivity index (χ2n) is 9.31. The first-order valence-electron chi connectivity index (χ1n) is 9.97. The first-order chi connectivity index (χ1) is 13.5. The molecule has 2 aromatic rings. The molecule has 0 unspecified atom stereocenters. The van der Waals surface area contributed by atoms with Gasteiger partial charge in [0.05, 0.1) is 0 Å². The number of rotatable bonds is 5. The first kappa shape index (κ1) is 22.5. The van der Waals surface area contributed by atoms with Crippen molar-refractivity contribution in [3.05, 3.63) is 70.8 Å². The van der Waals surface area contributed by atoms with E-state index in [2.05, 4.69) is 52.9 Å². The smallest absolute Gasteiger partial charge is 0.407 e. The predicted octanol–water partition coefficient (Wildman–Crippen LogP) is 5.93. The minimum Gasteiger partial charge on any atom is -0.507 e. The highest BCUT2D eigenvalue weighted by molar-refractivity contribution is 5.68. The molecule has 0 fully saturated rings. The Morgan fingerprint density at radius 3 is 2.28 bits per heavy atom. The molecule has 4 nitrogen and oxygen atoms in total. The molecule has 0 radical (unpaired) electrons. The summed E-state index contributed by atoms with van der Waals surface area (Å²) in [5.74, 6) is 0.286. The van der Waals surface area contributed by atoms with Crippen LogP contribution in [0.2, 0.25) is 0 Å². The van der Waals surface area contributed by atoms with Crippen molar-refractivity contribution in [2.75, 3.05) is 6.54 Å². The lowest BCUT2D eigenvalue weighted by Crippen LogP contribution is -2.24. The Kier molecular flexibility index (Phi) is 7.12. The van der Waals surface area contributed by atoms with E-state index in [1.54, 1.807) is 0 Å². The molecule has 0 aliphatic rings. The number of amides is 1. The van der Waals surface area contributed by atoms with Gasteiger partial charge in [0.2, 0.25) is 0 Å². The number of hydrogen-bond acceptors (Lipinski definition) is 3. The largest absolute Gasteiger partial charge is 0.507 e. The number of aromatic hydroxyl groups is 1. The number of carbonyl (C=O) groups excluding carboxylic acids is 1. The number of ether oxygens (including phenoxy) is 1. The Bertz CT molecular complexity index is 856. The Morgan fingerprint density at radius 2 is 1.69 bits per heavy atom. The van der Waals surface area contributed by atoms with E-state index < -0.39 is 6.09 Å². The molecule has 0 saturated heterocycles. The van der Waals surface area contributed by atoms with E-state index in [-0.39, 0.29) is 23.2 Å². The summed E-state index contributed by atoms with van der Waals surface area (Å²) in [6.45, 7) is 13.3. The van der Waals surface area contributed by atoms with Crippen molar-refractivity contribution >= 4 is 12.2 Å². The van der Waals surface area contributed by atoms with Crippen LogP contribution in [0, 0.1) is 0 Å². The van der Waals surface area contributed by atoms with Gasteiger partial charge >= 0.3 is 6.09 Å². The van der Waals surface area contributed by atoms with Crippen LogP contribution in [0.15, 0.2) is 48.5 Å². The second-order valence-corrected chi connectivity index (χ2v) is 9.31. The van der Waals surface area contributed by atoms with Crippen LogP contribution in [0.25, 0.3) is 6.08 Å². The average molecular weight is 396 g/mol. The summed E-state index contributed by atoms with van der Waals surface area (Å²) in [7, 11) is 0. The summed E-state index contributed by atoms with van der Waals surface area (Å²) in [4.78, 5) is 11.8. The summed E-state index contributed by atoms with van der Waals surface area (Å²) in [6, 6.07) is 13.6. The number of phenols is 1. The zero-order chi connectivity index (χ0) is 21.7. The van der Waals surface area contributed by atoms with Gasteiger partial charge in [-0.3, -0.25) is 0 Å². The van der Waals surface area contributed by atoms with Crippen LogP contribution in [-0.2, 0) is 22.2 Å².